The molecule has 0 unspecified atom stereocenters. The van der Waals surface area contributed by atoms with Gasteiger partial charge in [-0.3, -0.25) is 4.79 Å². The summed E-state index contributed by atoms with van der Waals surface area (Å²) in [6.07, 6.45) is 4.16. The first-order valence-corrected chi connectivity index (χ1v) is 4.65. The van der Waals surface area contributed by atoms with E-state index in [-0.39, 0.29) is 18.5 Å². The third kappa shape index (κ3) is 2.32. The van der Waals surface area contributed by atoms with E-state index in [1.165, 1.54) is 0 Å². The molecule has 78 valence electrons. The smallest absolute Gasteiger partial charge is 0.239 e. The number of hydrogen-bond acceptors (Lipinski definition) is 3. The van der Waals surface area contributed by atoms with E-state index >= 15 is 0 Å². The van der Waals surface area contributed by atoms with Gasteiger partial charge in [0.05, 0.1) is 12.0 Å². The molecule has 14 heavy (non-hydrogen) atoms. The first kappa shape index (κ1) is 10.7. The molecular formula is C9H16N4O. The summed E-state index contributed by atoms with van der Waals surface area (Å²) in [5.74, 6) is -0.0486. The van der Waals surface area contributed by atoms with Crippen molar-refractivity contribution in [3.8, 4) is 0 Å². The molecular weight excluding hydrogens is 180 g/mol. The number of likely N-dealkylation sites (N-methyl/N-ethyl adjacent to an activating group) is 1. The van der Waals surface area contributed by atoms with E-state index in [0.717, 1.165) is 12.1 Å². The molecule has 1 atom stereocenters. The van der Waals surface area contributed by atoms with Crippen LogP contribution in [0.5, 0.6) is 0 Å². The quantitative estimate of drug-likeness (QED) is 0.714. The van der Waals surface area contributed by atoms with Gasteiger partial charge in [0.1, 0.15) is 6.54 Å². The molecule has 0 aliphatic carbocycles. The zero-order valence-electron chi connectivity index (χ0n) is 8.53. The fourth-order valence-corrected chi connectivity index (χ4v) is 1.21. The maximum Gasteiger partial charge on any atom is 0.239 e. The van der Waals surface area contributed by atoms with Crippen molar-refractivity contribution >= 4 is 5.91 Å². The first-order chi connectivity index (χ1) is 6.69. The minimum absolute atomic E-state index is 0.0486. The molecule has 0 saturated carbocycles. The molecule has 1 aromatic rings. The molecule has 0 fully saturated rings. The van der Waals surface area contributed by atoms with Crippen LogP contribution in [-0.2, 0) is 11.3 Å². The van der Waals surface area contributed by atoms with E-state index in [1.54, 1.807) is 24.1 Å². The Morgan fingerprint density at radius 3 is 3.07 bits per heavy atom. The molecule has 5 heteroatoms. The molecule has 0 aromatic carbocycles. The zero-order chi connectivity index (χ0) is 10.6. The predicted octanol–water partition coefficient (Wildman–Crippen LogP) is 0.0389. The van der Waals surface area contributed by atoms with Crippen LogP contribution >= 0.6 is 0 Å². The number of hydrogen-bond donors (Lipinski definition) is 2. The van der Waals surface area contributed by atoms with Crippen LogP contribution in [0.15, 0.2) is 12.5 Å². The second kappa shape index (κ2) is 4.76. The highest BCUT2D eigenvalue weighted by Crippen LogP contribution is 2.12. The molecule has 3 N–H and O–H groups in total. The third-order valence-corrected chi connectivity index (χ3v) is 2.16. The largest absolute Gasteiger partial charge is 0.358 e. The highest BCUT2D eigenvalue weighted by molar-refractivity contribution is 5.75. The lowest BCUT2D eigenvalue weighted by Crippen LogP contribution is -2.25. The Bertz CT molecular complexity index is 308. The molecule has 0 bridgehead atoms. The topological polar surface area (TPSA) is 72.9 Å². The van der Waals surface area contributed by atoms with E-state index in [2.05, 4.69) is 10.3 Å². The van der Waals surface area contributed by atoms with Crippen molar-refractivity contribution in [2.75, 3.05) is 7.05 Å². The van der Waals surface area contributed by atoms with Crippen LogP contribution in [0.2, 0.25) is 0 Å². The Morgan fingerprint density at radius 2 is 2.50 bits per heavy atom. The molecule has 1 amide bonds. The summed E-state index contributed by atoms with van der Waals surface area (Å²) in [6, 6.07) is -0.0536. The van der Waals surface area contributed by atoms with E-state index in [1.807, 2.05) is 6.92 Å². The summed E-state index contributed by atoms with van der Waals surface area (Å²) in [4.78, 5) is 15.1. The first-order valence-electron chi connectivity index (χ1n) is 4.65. The fourth-order valence-electron chi connectivity index (χ4n) is 1.21. The molecule has 0 saturated heterocycles. The number of amides is 1. The maximum atomic E-state index is 11.1. The van der Waals surface area contributed by atoms with Crippen LogP contribution in [0.1, 0.15) is 25.1 Å². The SMILES string of the molecule is CC[C@@H](N)c1cncn1CC(=O)NC. The summed E-state index contributed by atoms with van der Waals surface area (Å²) in [5, 5.41) is 2.56. The number of aromatic nitrogens is 2. The number of imidazole rings is 1. The highest BCUT2D eigenvalue weighted by atomic mass is 16.1. The Labute approximate surface area is 83.3 Å². The van der Waals surface area contributed by atoms with Crippen molar-refractivity contribution in [2.45, 2.75) is 25.9 Å². The number of nitrogens with zero attached hydrogens (tertiary/aromatic N) is 2. The van der Waals surface area contributed by atoms with Gasteiger partial charge in [-0.1, -0.05) is 6.92 Å². The lowest BCUT2D eigenvalue weighted by molar-refractivity contribution is -0.121. The molecule has 1 rings (SSSR count). The Balaban J connectivity index is 2.77. The van der Waals surface area contributed by atoms with Gasteiger partial charge in [-0.15, -0.1) is 0 Å². The van der Waals surface area contributed by atoms with E-state index in [9.17, 15) is 4.79 Å². The monoisotopic (exact) mass is 196 g/mol. The van der Waals surface area contributed by atoms with Gasteiger partial charge < -0.3 is 15.6 Å². The summed E-state index contributed by atoms with van der Waals surface area (Å²) < 4.78 is 1.77. The average Bonchev–Trinajstić information content (AvgIpc) is 2.64. The molecule has 0 aliphatic rings. The van der Waals surface area contributed by atoms with Crippen molar-refractivity contribution in [3.05, 3.63) is 18.2 Å². The Morgan fingerprint density at radius 1 is 1.79 bits per heavy atom. The normalized spacial score (nSPS) is 12.5. The molecule has 0 aliphatic heterocycles. The summed E-state index contributed by atoms with van der Waals surface area (Å²) >= 11 is 0. The fraction of sp³-hybridized carbons (Fsp3) is 0.556. The van der Waals surface area contributed by atoms with E-state index in [0.29, 0.717) is 0 Å². The van der Waals surface area contributed by atoms with Crippen molar-refractivity contribution < 1.29 is 4.79 Å². The van der Waals surface area contributed by atoms with Gasteiger partial charge in [0.15, 0.2) is 0 Å². The van der Waals surface area contributed by atoms with Crippen LogP contribution in [-0.4, -0.2) is 22.5 Å². The summed E-state index contributed by atoms with van der Waals surface area (Å²) in [5.41, 5.74) is 6.76. The van der Waals surface area contributed by atoms with E-state index in [4.69, 9.17) is 5.73 Å². The maximum absolute atomic E-state index is 11.1. The van der Waals surface area contributed by atoms with Crippen LogP contribution in [0.4, 0.5) is 0 Å². The van der Waals surface area contributed by atoms with Gasteiger partial charge >= 0.3 is 0 Å². The molecule has 0 radical (unpaired) electrons. The molecule has 5 nitrogen and oxygen atoms in total. The highest BCUT2D eigenvalue weighted by Gasteiger charge is 2.10. The number of carbonyl (C=O) groups excluding carboxylic acids is 1. The Kier molecular flexibility index (Phi) is 3.64. The zero-order valence-corrected chi connectivity index (χ0v) is 8.53. The van der Waals surface area contributed by atoms with Gasteiger partial charge in [-0.05, 0) is 6.42 Å². The standard InChI is InChI=1S/C9H16N4O/c1-3-7(10)8-4-12-6-13(8)5-9(14)11-2/h4,6-7H,3,5,10H2,1-2H3,(H,11,14)/t7-/m1/s1. The number of carbonyl (C=O) groups is 1. The second-order valence-electron chi connectivity index (χ2n) is 3.13. The predicted molar refractivity (Wildman–Crippen MR) is 53.5 cm³/mol. The van der Waals surface area contributed by atoms with E-state index < -0.39 is 0 Å². The van der Waals surface area contributed by atoms with Crippen molar-refractivity contribution in [1.29, 1.82) is 0 Å². The number of nitrogens with one attached hydrogen (secondary N) is 1. The van der Waals surface area contributed by atoms with Gasteiger partial charge in [-0.25, -0.2) is 4.98 Å². The summed E-state index contributed by atoms with van der Waals surface area (Å²) in [7, 11) is 1.61. The Hall–Kier alpha value is -1.36. The van der Waals surface area contributed by atoms with Gasteiger partial charge in [0, 0.05) is 19.3 Å². The summed E-state index contributed by atoms with van der Waals surface area (Å²) in [6.45, 7) is 2.28. The third-order valence-electron chi connectivity index (χ3n) is 2.16. The number of nitrogens with two attached hydrogens (primary N) is 1. The lowest BCUT2D eigenvalue weighted by atomic mass is 10.2. The van der Waals surface area contributed by atoms with Crippen molar-refractivity contribution in [1.82, 2.24) is 14.9 Å². The second-order valence-corrected chi connectivity index (χ2v) is 3.13. The van der Waals surface area contributed by atoms with Crippen LogP contribution in [0.25, 0.3) is 0 Å². The van der Waals surface area contributed by atoms with Gasteiger partial charge in [-0.2, -0.15) is 0 Å². The minimum Gasteiger partial charge on any atom is -0.358 e. The van der Waals surface area contributed by atoms with Crippen LogP contribution in [0.3, 0.4) is 0 Å². The van der Waals surface area contributed by atoms with Crippen LogP contribution in [0, 0.1) is 0 Å². The molecule has 1 aromatic heterocycles. The van der Waals surface area contributed by atoms with Crippen LogP contribution < -0.4 is 11.1 Å². The number of rotatable bonds is 4. The minimum atomic E-state index is -0.0536. The molecule has 1 heterocycles. The van der Waals surface area contributed by atoms with Gasteiger partial charge in [0.25, 0.3) is 0 Å². The van der Waals surface area contributed by atoms with Crippen molar-refractivity contribution in [2.24, 2.45) is 5.73 Å². The van der Waals surface area contributed by atoms with Gasteiger partial charge in [0.2, 0.25) is 5.91 Å². The average molecular weight is 196 g/mol. The van der Waals surface area contributed by atoms with Crippen molar-refractivity contribution in [3.63, 3.8) is 0 Å². The molecule has 0 spiro atoms. The lowest BCUT2D eigenvalue weighted by Gasteiger charge is -2.11.